The van der Waals surface area contributed by atoms with Crippen LogP contribution in [-0.4, -0.2) is 14.2 Å². The summed E-state index contributed by atoms with van der Waals surface area (Å²) >= 11 is 0. The second-order valence-electron chi connectivity index (χ2n) is 4.40. The smallest absolute Gasteiger partial charge is 0.209 e. The maximum atomic E-state index is 10.9. The summed E-state index contributed by atoms with van der Waals surface area (Å²) in [6.45, 7) is 6.08. The number of nitrogens with two attached hydrogens (primary N) is 1. The molecule has 0 heterocycles. The summed E-state index contributed by atoms with van der Waals surface area (Å²) in [7, 11) is -3.33. The molecule has 76 valence electrons. The van der Waals surface area contributed by atoms with Crippen LogP contribution >= 0.6 is 0 Å². The maximum absolute atomic E-state index is 10.9. The predicted octanol–water partition coefficient (Wildman–Crippen LogP) is 1.27. The average Bonchev–Trinajstić information content (AvgIpc) is 1.80. The van der Waals surface area contributed by atoms with Crippen molar-refractivity contribution < 1.29 is 8.42 Å². The lowest BCUT2D eigenvalue weighted by molar-refractivity contribution is 0.261. The Morgan fingerprint density at radius 3 is 2.46 bits per heavy atom. The molecule has 2 atom stereocenters. The van der Waals surface area contributed by atoms with E-state index in [0.29, 0.717) is 0 Å². The number of hydrogen-bond donors (Lipinski definition) is 1. The first kappa shape index (κ1) is 10.7. The van der Waals surface area contributed by atoms with Crippen LogP contribution in [0.15, 0.2) is 11.6 Å². The second-order valence-corrected chi connectivity index (χ2v) is 6.06. The standard InChI is InChI=1S/C9H17NO2S/c1-7-4-9(3,5-7)8(2)6-13(10,11)12/h4,8H,5-6H2,1-3H3,(H2,10,11,12)/t8-,9+/m1/s1. The Labute approximate surface area is 80.1 Å². The average molecular weight is 203 g/mol. The fourth-order valence-electron chi connectivity index (χ4n) is 1.99. The highest BCUT2D eigenvalue weighted by molar-refractivity contribution is 7.89. The van der Waals surface area contributed by atoms with Gasteiger partial charge in [-0.2, -0.15) is 0 Å². The van der Waals surface area contributed by atoms with Crippen LogP contribution in [0.3, 0.4) is 0 Å². The van der Waals surface area contributed by atoms with Crippen LogP contribution < -0.4 is 5.14 Å². The van der Waals surface area contributed by atoms with Crippen molar-refractivity contribution in [3.63, 3.8) is 0 Å². The molecule has 0 spiro atoms. The number of allylic oxidation sites excluding steroid dienone is 2. The van der Waals surface area contributed by atoms with Gasteiger partial charge in [0.25, 0.3) is 0 Å². The number of hydrogen-bond acceptors (Lipinski definition) is 2. The van der Waals surface area contributed by atoms with Crippen LogP contribution in [0.25, 0.3) is 0 Å². The van der Waals surface area contributed by atoms with Gasteiger partial charge in [0, 0.05) is 0 Å². The summed E-state index contributed by atoms with van der Waals surface area (Å²) in [4.78, 5) is 0. The van der Waals surface area contributed by atoms with E-state index < -0.39 is 10.0 Å². The third-order valence-electron chi connectivity index (χ3n) is 2.84. The fraction of sp³-hybridized carbons (Fsp3) is 0.778. The van der Waals surface area contributed by atoms with Gasteiger partial charge in [-0.15, -0.1) is 0 Å². The van der Waals surface area contributed by atoms with Crippen molar-refractivity contribution >= 4 is 10.0 Å². The molecule has 0 aromatic rings. The van der Waals surface area contributed by atoms with Gasteiger partial charge in [0.1, 0.15) is 0 Å². The van der Waals surface area contributed by atoms with E-state index in [-0.39, 0.29) is 17.1 Å². The zero-order valence-electron chi connectivity index (χ0n) is 8.37. The minimum absolute atomic E-state index is 0.0382. The molecule has 4 heteroatoms. The molecule has 13 heavy (non-hydrogen) atoms. The molecule has 1 aliphatic rings. The van der Waals surface area contributed by atoms with Crippen LogP contribution in [0.2, 0.25) is 0 Å². The van der Waals surface area contributed by atoms with E-state index in [9.17, 15) is 8.42 Å². The second kappa shape index (κ2) is 3.10. The first-order valence-corrected chi connectivity index (χ1v) is 6.13. The van der Waals surface area contributed by atoms with Gasteiger partial charge >= 0.3 is 0 Å². The zero-order valence-corrected chi connectivity index (χ0v) is 9.19. The molecule has 0 aromatic carbocycles. The van der Waals surface area contributed by atoms with Gasteiger partial charge in [-0.25, -0.2) is 13.6 Å². The van der Waals surface area contributed by atoms with Crippen LogP contribution in [0, 0.1) is 11.3 Å². The molecule has 3 nitrogen and oxygen atoms in total. The van der Waals surface area contributed by atoms with E-state index in [4.69, 9.17) is 5.14 Å². The van der Waals surface area contributed by atoms with E-state index in [2.05, 4.69) is 19.9 Å². The van der Waals surface area contributed by atoms with Crippen LogP contribution in [0.4, 0.5) is 0 Å². The molecule has 0 unspecified atom stereocenters. The fourth-order valence-corrected chi connectivity index (χ4v) is 3.07. The van der Waals surface area contributed by atoms with Crippen molar-refractivity contribution in [1.29, 1.82) is 0 Å². The van der Waals surface area contributed by atoms with Crippen molar-refractivity contribution in [2.45, 2.75) is 27.2 Å². The largest absolute Gasteiger partial charge is 0.229 e. The third kappa shape index (κ3) is 2.54. The third-order valence-corrected chi connectivity index (χ3v) is 3.81. The van der Waals surface area contributed by atoms with Crippen LogP contribution in [0.1, 0.15) is 27.2 Å². The molecule has 0 saturated carbocycles. The molecule has 0 amide bonds. The Bertz CT molecular complexity index is 332. The molecule has 0 bridgehead atoms. The van der Waals surface area contributed by atoms with Crippen molar-refractivity contribution in [2.24, 2.45) is 16.5 Å². The van der Waals surface area contributed by atoms with Crippen molar-refractivity contribution in [3.8, 4) is 0 Å². The molecular formula is C9H17NO2S. The van der Waals surface area contributed by atoms with Gasteiger partial charge in [-0.3, -0.25) is 0 Å². The highest BCUT2D eigenvalue weighted by Crippen LogP contribution is 2.44. The summed E-state index contributed by atoms with van der Waals surface area (Å²) in [5, 5.41) is 5.00. The molecule has 1 aliphatic carbocycles. The van der Waals surface area contributed by atoms with Crippen molar-refractivity contribution in [2.75, 3.05) is 5.75 Å². The lowest BCUT2D eigenvalue weighted by Crippen LogP contribution is -2.36. The summed E-state index contributed by atoms with van der Waals surface area (Å²) in [5.41, 5.74) is 1.38. The minimum atomic E-state index is -3.33. The summed E-state index contributed by atoms with van der Waals surface area (Å²) in [5.74, 6) is 0.180. The lowest BCUT2D eigenvalue weighted by Gasteiger charge is -2.40. The van der Waals surface area contributed by atoms with Gasteiger partial charge < -0.3 is 0 Å². The van der Waals surface area contributed by atoms with Crippen LogP contribution in [-0.2, 0) is 10.0 Å². The molecule has 0 saturated heterocycles. The Morgan fingerprint density at radius 1 is 1.69 bits per heavy atom. The highest BCUT2D eigenvalue weighted by atomic mass is 32.2. The van der Waals surface area contributed by atoms with Crippen molar-refractivity contribution in [3.05, 3.63) is 11.6 Å². The van der Waals surface area contributed by atoms with Crippen molar-refractivity contribution in [1.82, 2.24) is 0 Å². The van der Waals surface area contributed by atoms with Gasteiger partial charge in [0.15, 0.2) is 0 Å². The number of primary sulfonamides is 1. The first-order chi connectivity index (χ1) is 5.73. The zero-order chi connectivity index (χ0) is 10.3. The molecular weight excluding hydrogens is 186 g/mol. The first-order valence-electron chi connectivity index (χ1n) is 4.42. The Hall–Kier alpha value is -0.350. The topological polar surface area (TPSA) is 60.2 Å². The van der Waals surface area contributed by atoms with Crippen LogP contribution in [0.5, 0.6) is 0 Å². The molecule has 0 aliphatic heterocycles. The van der Waals surface area contributed by atoms with Gasteiger partial charge in [0.05, 0.1) is 5.75 Å². The SMILES string of the molecule is CC1=C[C@](C)([C@H](C)CS(N)(=O)=O)C1. The van der Waals surface area contributed by atoms with E-state index in [1.165, 1.54) is 5.57 Å². The highest BCUT2D eigenvalue weighted by Gasteiger charge is 2.36. The van der Waals surface area contributed by atoms with E-state index >= 15 is 0 Å². The number of sulfonamides is 1. The van der Waals surface area contributed by atoms with Gasteiger partial charge in [0.2, 0.25) is 10.0 Å². The molecule has 0 aromatic heterocycles. The summed E-state index contributed by atoms with van der Waals surface area (Å²) in [6.07, 6.45) is 3.13. The molecule has 1 rings (SSSR count). The summed E-state index contributed by atoms with van der Waals surface area (Å²) < 4.78 is 21.7. The summed E-state index contributed by atoms with van der Waals surface area (Å²) in [6, 6.07) is 0. The Kier molecular flexibility index (Phi) is 2.56. The van der Waals surface area contributed by atoms with E-state index in [1.54, 1.807) is 0 Å². The Morgan fingerprint density at radius 2 is 2.15 bits per heavy atom. The monoisotopic (exact) mass is 203 g/mol. The van der Waals surface area contributed by atoms with Gasteiger partial charge in [-0.1, -0.05) is 25.5 Å². The predicted molar refractivity (Wildman–Crippen MR) is 53.6 cm³/mol. The minimum Gasteiger partial charge on any atom is -0.229 e. The number of rotatable bonds is 3. The van der Waals surface area contributed by atoms with E-state index in [0.717, 1.165) is 6.42 Å². The van der Waals surface area contributed by atoms with E-state index in [1.807, 2.05) is 6.92 Å². The molecule has 2 N–H and O–H groups in total. The quantitative estimate of drug-likeness (QED) is 0.702. The normalized spacial score (nSPS) is 30.6. The molecule has 0 radical (unpaired) electrons. The Balaban J connectivity index is 2.66. The maximum Gasteiger partial charge on any atom is 0.209 e. The van der Waals surface area contributed by atoms with Gasteiger partial charge in [-0.05, 0) is 24.7 Å². The molecule has 0 fully saturated rings. The lowest BCUT2D eigenvalue weighted by atomic mass is 9.66.